The molecule has 0 fully saturated rings. The van der Waals surface area contributed by atoms with Crippen molar-refractivity contribution in [2.45, 2.75) is 10.8 Å². The van der Waals surface area contributed by atoms with E-state index < -0.39 is 10.8 Å². The largest absolute Gasteiger partial charge is 0.456 e. The molecule has 1 heterocycles. The molecule has 0 spiro atoms. The standard InChI is InChI=1S/C66H43F2NO/c1-3-42-17-21-44(22-18-42)65(46-25-29-48(67)30-26-46)59-14-8-5-11-53(59)55-36-33-51(40-61(55)65)69(50-35-38-64-58(39-50)57-13-7-10-16-63(57)70-64)52-34-37-56-54-12-6-9-15-60(54)66(62(56)41-52,47-27-31-49(68)32-28-47)45-23-19-43(4-2)20-24-45/h3-41H,1-2H2. The van der Waals surface area contributed by atoms with Crippen molar-refractivity contribution in [2.24, 2.45) is 0 Å². The van der Waals surface area contributed by atoms with E-state index in [9.17, 15) is 8.78 Å². The number of furan rings is 1. The quantitative estimate of drug-likeness (QED) is 0.143. The van der Waals surface area contributed by atoms with E-state index in [2.05, 4.69) is 176 Å². The van der Waals surface area contributed by atoms with Crippen molar-refractivity contribution in [3.05, 3.63) is 305 Å². The zero-order valence-corrected chi connectivity index (χ0v) is 38.0. The van der Waals surface area contributed by atoms with Crippen LogP contribution in [0.3, 0.4) is 0 Å². The highest BCUT2D eigenvalue weighted by molar-refractivity contribution is 6.07. The van der Waals surface area contributed by atoms with Gasteiger partial charge in [0.2, 0.25) is 0 Å². The molecule has 0 bridgehead atoms. The molecule has 2 nitrogen and oxygen atoms in total. The van der Waals surface area contributed by atoms with Gasteiger partial charge < -0.3 is 9.32 Å². The molecule has 1 aromatic heterocycles. The maximum absolute atomic E-state index is 15.0. The van der Waals surface area contributed by atoms with Gasteiger partial charge >= 0.3 is 0 Å². The number of rotatable bonds is 9. The van der Waals surface area contributed by atoms with Gasteiger partial charge in [0.05, 0.1) is 10.8 Å². The lowest BCUT2D eigenvalue weighted by Gasteiger charge is -2.36. The van der Waals surface area contributed by atoms with Crippen molar-refractivity contribution in [1.29, 1.82) is 0 Å². The number of nitrogens with zero attached hydrogens (tertiary/aromatic N) is 1. The maximum atomic E-state index is 15.0. The Morgan fingerprint density at radius 1 is 0.357 bits per heavy atom. The van der Waals surface area contributed by atoms with E-state index in [1.54, 1.807) is 24.3 Å². The van der Waals surface area contributed by atoms with E-state index >= 15 is 0 Å². The van der Waals surface area contributed by atoms with E-state index in [0.29, 0.717) is 0 Å². The third kappa shape index (κ3) is 5.96. The van der Waals surface area contributed by atoms with Gasteiger partial charge in [0.15, 0.2) is 0 Å². The lowest BCUT2D eigenvalue weighted by molar-refractivity contribution is 0.624. The molecular formula is C66H43F2NO. The summed E-state index contributed by atoms with van der Waals surface area (Å²) in [5, 5.41) is 2.04. The normalized spacial score (nSPS) is 16.4. The van der Waals surface area contributed by atoms with Crippen molar-refractivity contribution in [2.75, 3.05) is 4.90 Å². The van der Waals surface area contributed by atoms with Crippen molar-refractivity contribution in [1.82, 2.24) is 0 Å². The van der Waals surface area contributed by atoms with E-state index in [4.69, 9.17) is 4.42 Å². The number of hydrogen-bond acceptors (Lipinski definition) is 2. The molecule has 70 heavy (non-hydrogen) atoms. The van der Waals surface area contributed by atoms with Crippen molar-refractivity contribution < 1.29 is 13.2 Å². The van der Waals surface area contributed by atoms with Gasteiger partial charge in [-0.25, -0.2) is 8.78 Å². The molecule has 0 N–H and O–H groups in total. The molecule has 2 atom stereocenters. The molecule has 0 saturated heterocycles. The van der Waals surface area contributed by atoms with Gasteiger partial charge in [-0.3, -0.25) is 0 Å². The Kier molecular flexibility index (Phi) is 9.37. The van der Waals surface area contributed by atoms with Crippen molar-refractivity contribution >= 4 is 51.2 Å². The number of anilines is 3. The molecule has 2 aliphatic carbocycles. The maximum Gasteiger partial charge on any atom is 0.135 e. The summed E-state index contributed by atoms with van der Waals surface area (Å²) in [6, 6.07) is 76.6. The zero-order valence-electron chi connectivity index (χ0n) is 38.0. The summed E-state index contributed by atoms with van der Waals surface area (Å²) in [7, 11) is 0. The molecule has 10 aromatic carbocycles. The molecule has 2 aliphatic rings. The summed E-state index contributed by atoms with van der Waals surface area (Å²) in [6.45, 7) is 8.10. The number of fused-ring (bicyclic) bond motifs is 9. The van der Waals surface area contributed by atoms with Crippen LogP contribution in [0.4, 0.5) is 25.8 Å². The zero-order chi connectivity index (χ0) is 47.1. The Bertz CT molecular complexity index is 3690. The molecule has 0 amide bonds. The van der Waals surface area contributed by atoms with Gasteiger partial charge in [-0.1, -0.05) is 177 Å². The van der Waals surface area contributed by atoms with Crippen LogP contribution >= 0.6 is 0 Å². The summed E-state index contributed by atoms with van der Waals surface area (Å²) in [5.41, 5.74) is 17.8. The molecule has 13 rings (SSSR count). The van der Waals surface area contributed by atoms with Crippen LogP contribution in [0.15, 0.2) is 242 Å². The lowest BCUT2D eigenvalue weighted by atomic mass is 9.67. The minimum atomic E-state index is -0.805. The Morgan fingerprint density at radius 3 is 1.23 bits per heavy atom. The highest BCUT2D eigenvalue weighted by Gasteiger charge is 2.48. The Morgan fingerprint density at radius 2 is 0.743 bits per heavy atom. The van der Waals surface area contributed by atoms with Gasteiger partial charge in [0.1, 0.15) is 22.8 Å². The first-order valence-corrected chi connectivity index (χ1v) is 23.6. The van der Waals surface area contributed by atoms with Crippen LogP contribution in [0.1, 0.15) is 55.6 Å². The SMILES string of the molecule is C=Cc1ccc(C2(c3ccc(F)cc3)c3ccccc3-c3ccc(N(c4ccc5c(c4)C(c4ccc(F)cc4)(c4ccc(C=C)cc4)c4ccccc4-5)c4ccc5oc6ccccc6c5c4)cc32)cc1. The smallest absolute Gasteiger partial charge is 0.135 e. The van der Waals surface area contributed by atoms with Gasteiger partial charge in [-0.05, 0) is 151 Å². The highest BCUT2D eigenvalue weighted by atomic mass is 19.1. The summed E-state index contributed by atoms with van der Waals surface area (Å²) in [6.07, 6.45) is 3.72. The Hall–Kier alpha value is -8.86. The van der Waals surface area contributed by atoms with Crippen LogP contribution in [0.25, 0.3) is 56.3 Å². The Balaban J connectivity index is 1.11. The van der Waals surface area contributed by atoms with Gasteiger partial charge in [0.25, 0.3) is 0 Å². The van der Waals surface area contributed by atoms with Crippen LogP contribution in [-0.4, -0.2) is 0 Å². The number of para-hydroxylation sites is 1. The topological polar surface area (TPSA) is 16.4 Å². The van der Waals surface area contributed by atoms with Crippen LogP contribution in [0.5, 0.6) is 0 Å². The highest BCUT2D eigenvalue weighted by Crippen LogP contribution is 2.60. The molecule has 0 saturated carbocycles. The van der Waals surface area contributed by atoms with Crippen molar-refractivity contribution in [3.8, 4) is 22.3 Å². The summed E-state index contributed by atoms with van der Waals surface area (Å²) in [4.78, 5) is 2.35. The fraction of sp³-hybridized carbons (Fsp3) is 0.0303. The fourth-order valence-corrected chi connectivity index (χ4v) is 11.8. The molecule has 2 unspecified atom stereocenters. The van der Waals surface area contributed by atoms with Crippen LogP contribution in [0, 0.1) is 11.6 Å². The number of halogens is 2. The second kappa shape index (κ2) is 15.9. The average Bonchev–Trinajstić information content (AvgIpc) is 4.04. The minimum absolute atomic E-state index is 0.290. The van der Waals surface area contributed by atoms with E-state index in [0.717, 1.165) is 117 Å². The first-order chi connectivity index (χ1) is 34.4. The summed E-state index contributed by atoms with van der Waals surface area (Å²) in [5.74, 6) is -0.580. The van der Waals surface area contributed by atoms with Crippen LogP contribution < -0.4 is 4.90 Å². The molecule has 0 aliphatic heterocycles. The van der Waals surface area contributed by atoms with E-state index in [1.807, 2.05) is 54.6 Å². The molecule has 0 radical (unpaired) electrons. The van der Waals surface area contributed by atoms with Crippen LogP contribution in [-0.2, 0) is 10.8 Å². The minimum Gasteiger partial charge on any atom is -0.456 e. The van der Waals surface area contributed by atoms with Crippen molar-refractivity contribution in [3.63, 3.8) is 0 Å². The second-order valence-corrected chi connectivity index (χ2v) is 18.3. The first kappa shape index (κ1) is 41.3. The van der Waals surface area contributed by atoms with Gasteiger partial charge in [-0.2, -0.15) is 0 Å². The van der Waals surface area contributed by atoms with E-state index in [-0.39, 0.29) is 11.6 Å². The van der Waals surface area contributed by atoms with E-state index in [1.165, 1.54) is 0 Å². The molecule has 4 heteroatoms. The van der Waals surface area contributed by atoms with Gasteiger partial charge in [-0.15, -0.1) is 0 Å². The second-order valence-electron chi connectivity index (χ2n) is 18.3. The molecule has 332 valence electrons. The fourth-order valence-electron chi connectivity index (χ4n) is 11.8. The third-order valence-corrected chi connectivity index (χ3v) is 14.9. The molecule has 11 aromatic rings. The average molecular weight is 904 g/mol. The monoisotopic (exact) mass is 903 g/mol. The third-order valence-electron chi connectivity index (χ3n) is 14.9. The van der Waals surface area contributed by atoms with Crippen LogP contribution in [0.2, 0.25) is 0 Å². The summed E-state index contributed by atoms with van der Waals surface area (Å²) < 4.78 is 36.4. The number of hydrogen-bond donors (Lipinski definition) is 0. The number of benzene rings is 10. The Labute approximate surface area is 405 Å². The molecular weight excluding hydrogens is 861 g/mol. The predicted molar refractivity (Wildman–Crippen MR) is 283 cm³/mol. The van der Waals surface area contributed by atoms with Gasteiger partial charge in [0, 0.05) is 27.8 Å². The first-order valence-electron chi connectivity index (χ1n) is 23.6. The summed E-state index contributed by atoms with van der Waals surface area (Å²) >= 11 is 0. The lowest BCUT2D eigenvalue weighted by Crippen LogP contribution is -2.29. The predicted octanol–water partition coefficient (Wildman–Crippen LogP) is 17.3.